The van der Waals surface area contributed by atoms with Crippen LogP contribution in [-0.4, -0.2) is 37.6 Å². The molecule has 2 unspecified atom stereocenters. The maximum atomic E-state index is 11.3. The first-order valence-corrected chi connectivity index (χ1v) is 4.31. The molecule has 0 aliphatic carbocycles. The van der Waals surface area contributed by atoms with Gasteiger partial charge in [-0.3, -0.25) is 0 Å². The molecule has 0 aromatic rings. The molecule has 0 N–H and O–H groups in total. The van der Waals surface area contributed by atoms with Crippen LogP contribution in [0.3, 0.4) is 0 Å². The number of hydrogen-bond acceptors (Lipinski definition) is 5. The molecule has 0 bridgehead atoms. The van der Waals surface area contributed by atoms with Gasteiger partial charge in [0.1, 0.15) is 0 Å². The lowest BCUT2D eigenvalue weighted by Gasteiger charge is -2.05. The van der Waals surface area contributed by atoms with Gasteiger partial charge in [0, 0.05) is 0 Å². The van der Waals surface area contributed by atoms with E-state index in [-0.39, 0.29) is 18.0 Å². The number of oxime groups is 1. The Morgan fingerprint density at radius 2 is 2.54 bits per heavy atom. The van der Waals surface area contributed by atoms with E-state index in [0.29, 0.717) is 25.5 Å². The first kappa shape index (κ1) is 8.50. The Morgan fingerprint density at radius 3 is 3.31 bits per heavy atom. The van der Waals surface area contributed by atoms with Crippen molar-refractivity contribution in [2.75, 3.05) is 19.8 Å². The first-order chi connectivity index (χ1) is 6.33. The largest absolute Gasteiger partial charge is 0.461 e. The van der Waals surface area contributed by atoms with E-state index in [2.05, 4.69) is 5.16 Å². The Kier molecular flexibility index (Phi) is 2.18. The molecular formula is C8H11NO4. The maximum absolute atomic E-state index is 11.3. The average molecular weight is 185 g/mol. The topological polar surface area (TPSA) is 57.1 Å². The fourth-order valence-electron chi connectivity index (χ4n) is 1.48. The Labute approximate surface area is 75.6 Å². The van der Waals surface area contributed by atoms with Gasteiger partial charge in [0.25, 0.3) is 0 Å². The molecular weight excluding hydrogens is 174 g/mol. The van der Waals surface area contributed by atoms with Crippen LogP contribution in [0.15, 0.2) is 5.16 Å². The minimum atomic E-state index is -0.388. The molecule has 0 aromatic heterocycles. The summed E-state index contributed by atoms with van der Waals surface area (Å²) in [4.78, 5) is 16.3. The van der Waals surface area contributed by atoms with E-state index >= 15 is 0 Å². The van der Waals surface area contributed by atoms with Crippen LogP contribution in [0.2, 0.25) is 0 Å². The summed E-state index contributed by atoms with van der Waals surface area (Å²) in [6, 6.07) is 0. The molecule has 13 heavy (non-hydrogen) atoms. The highest BCUT2D eigenvalue weighted by Gasteiger charge is 2.42. The zero-order chi connectivity index (χ0) is 9.26. The highest BCUT2D eigenvalue weighted by molar-refractivity contribution is 6.37. The van der Waals surface area contributed by atoms with Gasteiger partial charge in [-0.15, -0.1) is 0 Å². The summed E-state index contributed by atoms with van der Waals surface area (Å²) in [7, 11) is 0. The third-order valence-corrected chi connectivity index (χ3v) is 2.15. The Hall–Kier alpha value is -1.10. The average Bonchev–Trinajstić information content (AvgIpc) is 2.62. The summed E-state index contributed by atoms with van der Waals surface area (Å²) in [6.45, 7) is 3.13. The van der Waals surface area contributed by atoms with E-state index < -0.39 is 0 Å². The van der Waals surface area contributed by atoms with Gasteiger partial charge in [-0.25, -0.2) is 4.79 Å². The molecule has 1 fully saturated rings. The van der Waals surface area contributed by atoms with Gasteiger partial charge < -0.3 is 14.3 Å². The maximum Gasteiger partial charge on any atom is 0.356 e. The molecule has 0 spiro atoms. The second-order valence-corrected chi connectivity index (χ2v) is 2.98. The third-order valence-electron chi connectivity index (χ3n) is 2.15. The number of ether oxygens (including phenoxy) is 2. The smallest absolute Gasteiger partial charge is 0.356 e. The molecule has 0 aromatic carbocycles. The summed E-state index contributed by atoms with van der Waals surface area (Å²) >= 11 is 0. The van der Waals surface area contributed by atoms with E-state index in [1.54, 1.807) is 6.92 Å². The van der Waals surface area contributed by atoms with Crippen molar-refractivity contribution in [1.82, 2.24) is 0 Å². The first-order valence-electron chi connectivity index (χ1n) is 4.31. The zero-order valence-corrected chi connectivity index (χ0v) is 7.36. The standard InChI is InChI=1S/C8H11NO4/c1-2-12-8(10)7-5-3-11-4-6(5)13-9-7/h5-6H,2-4H2,1H3. The summed E-state index contributed by atoms with van der Waals surface area (Å²) in [6.07, 6.45) is -0.0839. The van der Waals surface area contributed by atoms with Crippen LogP contribution < -0.4 is 0 Å². The number of rotatable bonds is 2. The van der Waals surface area contributed by atoms with Crippen molar-refractivity contribution in [1.29, 1.82) is 0 Å². The number of hydrogen-bond donors (Lipinski definition) is 0. The van der Waals surface area contributed by atoms with Gasteiger partial charge in [-0.1, -0.05) is 5.16 Å². The molecule has 72 valence electrons. The molecule has 2 heterocycles. The third kappa shape index (κ3) is 1.39. The van der Waals surface area contributed by atoms with Gasteiger partial charge in [-0.2, -0.15) is 0 Å². The quantitative estimate of drug-likeness (QED) is 0.566. The monoisotopic (exact) mass is 185 g/mol. The Morgan fingerprint density at radius 1 is 1.69 bits per heavy atom. The van der Waals surface area contributed by atoms with Crippen molar-refractivity contribution >= 4 is 11.7 Å². The molecule has 0 radical (unpaired) electrons. The molecule has 0 saturated carbocycles. The lowest BCUT2D eigenvalue weighted by molar-refractivity contribution is -0.135. The number of esters is 1. The highest BCUT2D eigenvalue weighted by atomic mass is 16.7. The van der Waals surface area contributed by atoms with Crippen LogP contribution in [0, 0.1) is 5.92 Å². The normalized spacial score (nSPS) is 30.7. The molecule has 0 amide bonds. The van der Waals surface area contributed by atoms with E-state index in [1.807, 2.05) is 0 Å². The van der Waals surface area contributed by atoms with Gasteiger partial charge in [0.2, 0.25) is 0 Å². The van der Waals surface area contributed by atoms with Crippen molar-refractivity contribution in [3.8, 4) is 0 Å². The van der Waals surface area contributed by atoms with Crippen molar-refractivity contribution in [3.63, 3.8) is 0 Å². The molecule has 1 saturated heterocycles. The molecule has 5 nitrogen and oxygen atoms in total. The minimum Gasteiger partial charge on any atom is -0.461 e. The fourth-order valence-corrected chi connectivity index (χ4v) is 1.48. The highest BCUT2D eigenvalue weighted by Crippen LogP contribution is 2.25. The van der Waals surface area contributed by atoms with Gasteiger partial charge in [0.05, 0.1) is 25.7 Å². The lowest BCUT2D eigenvalue weighted by Crippen LogP contribution is -2.28. The van der Waals surface area contributed by atoms with E-state index in [0.717, 1.165) is 0 Å². The lowest BCUT2D eigenvalue weighted by atomic mass is 10.0. The van der Waals surface area contributed by atoms with Crippen molar-refractivity contribution in [2.24, 2.45) is 11.1 Å². The zero-order valence-electron chi connectivity index (χ0n) is 7.36. The number of carbonyl (C=O) groups excluding carboxylic acids is 1. The Bertz CT molecular complexity index is 251. The van der Waals surface area contributed by atoms with Crippen molar-refractivity contribution < 1.29 is 19.1 Å². The van der Waals surface area contributed by atoms with Gasteiger partial charge in [-0.05, 0) is 6.92 Å². The van der Waals surface area contributed by atoms with Crippen LogP contribution >= 0.6 is 0 Å². The van der Waals surface area contributed by atoms with Gasteiger partial charge >= 0.3 is 5.97 Å². The summed E-state index contributed by atoms with van der Waals surface area (Å²) in [5.41, 5.74) is 0.365. The second-order valence-electron chi connectivity index (χ2n) is 2.98. The SMILES string of the molecule is CCOC(=O)C1=NOC2COCC12. The van der Waals surface area contributed by atoms with Crippen molar-refractivity contribution in [2.45, 2.75) is 13.0 Å². The summed E-state index contributed by atoms with van der Waals surface area (Å²) in [5.74, 6) is -0.417. The van der Waals surface area contributed by atoms with Crippen molar-refractivity contribution in [3.05, 3.63) is 0 Å². The van der Waals surface area contributed by atoms with Crippen LogP contribution in [-0.2, 0) is 19.1 Å². The Balaban J connectivity index is 2.03. The molecule has 2 aliphatic rings. The second kappa shape index (κ2) is 3.33. The summed E-state index contributed by atoms with van der Waals surface area (Å²) in [5, 5.41) is 3.70. The molecule has 2 atom stereocenters. The van der Waals surface area contributed by atoms with Crippen LogP contribution in [0.1, 0.15) is 6.92 Å². The summed E-state index contributed by atoms with van der Waals surface area (Å²) < 4.78 is 9.99. The van der Waals surface area contributed by atoms with Crippen LogP contribution in [0.25, 0.3) is 0 Å². The van der Waals surface area contributed by atoms with Gasteiger partial charge in [0.15, 0.2) is 11.8 Å². The fraction of sp³-hybridized carbons (Fsp3) is 0.750. The van der Waals surface area contributed by atoms with Crippen LogP contribution in [0.5, 0.6) is 0 Å². The minimum absolute atomic E-state index is 0.0287. The predicted molar refractivity (Wildman–Crippen MR) is 43.3 cm³/mol. The van der Waals surface area contributed by atoms with E-state index in [4.69, 9.17) is 14.3 Å². The predicted octanol–water partition coefficient (Wildman–Crippen LogP) is -0.0493. The number of fused-ring (bicyclic) bond motifs is 1. The van der Waals surface area contributed by atoms with E-state index in [9.17, 15) is 4.79 Å². The number of carbonyl (C=O) groups is 1. The van der Waals surface area contributed by atoms with E-state index in [1.165, 1.54) is 0 Å². The molecule has 5 heteroatoms. The number of nitrogens with zero attached hydrogens (tertiary/aromatic N) is 1. The van der Waals surface area contributed by atoms with Crippen LogP contribution in [0.4, 0.5) is 0 Å². The molecule has 2 aliphatic heterocycles. The molecule has 2 rings (SSSR count).